The molecule has 40 heavy (non-hydrogen) atoms. The number of aryl methyl sites for hydroxylation is 1. The third-order valence-corrected chi connectivity index (χ3v) is 8.71. The second kappa shape index (κ2) is 10.0. The molecule has 5 nitrogen and oxygen atoms in total. The van der Waals surface area contributed by atoms with E-state index in [0.717, 1.165) is 40.9 Å². The lowest BCUT2D eigenvalue weighted by Gasteiger charge is -2.32. The van der Waals surface area contributed by atoms with Crippen LogP contribution in [0.5, 0.6) is 0 Å². The molecule has 1 unspecified atom stereocenters. The predicted molar refractivity (Wildman–Crippen MR) is 165 cm³/mol. The van der Waals surface area contributed by atoms with Crippen molar-refractivity contribution in [3.63, 3.8) is 0 Å². The zero-order valence-corrected chi connectivity index (χ0v) is 24.8. The van der Waals surface area contributed by atoms with Crippen LogP contribution in [-0.4, -0.2) is 32.9 Å². The highest BCUT2D eigenvalue weighted by molar-refractivity contribution is 6.62. The summed E-state index contributed by atoms with van der Waals surface area (Å²) in [5.41, 5.74) is 6.78. The van der Waals surface area contributed by atoms with Crippen molar-refractivity contribution in [1.29, 1.82) is 0 Å². The maximum absolute atomic E-state index is 6.39. The van der Waals surface area contributed by atoms with E-state index in [4.69, 9.17) is 25.9 Å². The Hall–Kier alpha value is -3.19. The number of halogens is 1. The number of hydrogen-bond acceptors (Lipinski definition) is 4. The summed E-state index contributed by atoms with van der Waals surface area (Å²) in [6, 6.07) is 23.3. The van der Waals surface area contributed by atoms with Crippen molar-refractivity contribution >= 4 is 46.0 Å². The lowest BCUT2D eigenvalue weighted by Crippen LogP contribution is -2.41. The molecule has 204 valence electrons. The summed E-state index contributed by atoms with van der Waals surface area (Å²) in [5.74, 6) is 0.321. The fourth-order valence-electron chi connectivity index (χ4n) is 5.70. The van der Waals surface area contributed by atoms with Gasteiger partial charge in [-0.25, -0.2) is 4.98 Å². The SMILES string of the molecule is Cc1cccc(-c2cnc(Cl)cc2CC(C)Cn2c3ccccc3c3ccc(B4OC(C)(C)C(C)(C)O4)cc32)n1. The van der Waals surface area contributed by atoms with Crippen molar-refractivity contribution in [2.75, 3.05) is 0 Å². The molecule has 0 radical (unpaired) electrons. The van der Waals surface area contributed by atoms with Gasteiger partial charge in [0.05, 0.1) is 16.9 Å². The van der Waals surface area contributed by atoms with E-state index < -0.39 is 7.12 Å². The average molecular weight is 552 g/mol. The Balaban J connectivity index is 1.37. The first-order chi connectivity index (χ1) is 19.0. The number of hydrogen-bond donors (Lipinski definition) is 0. The van der Waals surface area contributed by atoms with Gasteiger partial charge in [0.15, 0.2) is 0 Å². The Kier molecular flexibility index (Phi) is 6.77. The van der Waals surface area contributed by atoms with Crippen LogP contribution in [0, 0.1) is 12.8 Å². The molecule has 1 aliphatic heterocycles. The number of benzene rings is 2. The van der Waals surface area contributed by atoms with Gasteiger partial charge in [0.25, 0.3) is 0 Å². The molecule has 0 amide bonds. The van der Waals surface area contributed by atoms with Crippen LogP contribution in [0.15, 0.2) is 72.9 Å². The highest BCUT2D eigenvalue weighted by Crippen LogP contribution is 2.37. The summed E-state index contributed by atoms with van der Waals surface area (Å²) < 4.78 is 15.2. The van der Waals surface area contributed by atoms with E-state index in [2.05, 4.69) is 86.6 Å². The third-order valence-electron chi connectivity index (χ3n) is 8.51. The van der Waals surface area contributed by atoms with E-state index in [1.54, 1.807) is 0 Å². The van der Waals surface area contributed by atoms with Crippen molar-refractivity contribution in [3.05, 3.63) is 89.3 Å². The normalized spacial score (nSPS) is 17.1. The average Bonchev–Trinajstić information content (AvgIpc) is 3.32. The zero-order valence-electron chi connectivity index (χ0n) is 24.0. The topological polar surface area (TPSA) is 49.2 Å². The van der Waals surface area contributed by atoms with E-state index >= 15 is 0 Å². The Labute approximate surface area is 241 Å². The van der Waals surface area contributed by atoms with Crippen molar-refractivity contribution in [3.8, 4) is 11.3 Å². The number of pyridine rings is 2. The fourth-order valence-corrected chi connectivity index (χ4v) is 5.88. The minimum Gasteiger partial charge on any atom is -0.399 e. The van der Waals surface area contributed by atoms with E-state index in [1.165, 1.54) is 21.8 Å². The number of aromatic nitrogens is 3. The van der Waals surface area contributed by atoms with E-state index in [-0.39, 0.29) is 11.2 Å². The number of nitrogens with zero attached hydrogens (tertiary/aromatic N) is 3. The predicted octanol–water partition coefficient (Wildman–Crippen LogP) is 7.39. The number of rotatable bonds is 6. The Morgan fingerprint density at radius 2 is 1.62 bits per heavy atom. The molecule has 2 aromatic carbocycles. The van der Waals surface area contributed by atoms with Gasteiger partial charge in [-0.2, -0.15) is 0 Å². The standard InChI is InChI=1S/C33H35BClN3O2/c1-21(16-23-17-31(35)36-19-27(23)28-12-9-10-22(2)37-28)20-38-29-13-8-7-11-25(29)26-15-14-24(18-30(26)38)34-39-32(3,4)33(5,6)40-34/h7-15,17-19,21H,16,20H2,1-6H3. The van der Waals surface area contributed by atoms with Crippen LogP contribution in [0.1, 0.15) is 45.9 Å². The second-order valence-electron chi connectivity index (χ2n) is 12.1. The Morgan fingerprint density at radius 1 is 0.900 bits per heavy atom. The molecule has 7 heteroatoms. The summed E-state index contributed by atoms with van der Waals surface area (Å²) >= 11 is 6.38. The van der Waals surface area contributed by atoms with Crippen molar-refractivity contribution < 1.29 is 9.31 Å². The molecule has 0 aliphatic carbocycles. The summed E-state index contributed by atoms with van der Waals surface area (Å²) in [6.07, 6.45) is 2.70. The first kappa shape index (κ1) is 27.0. The molecule has 6 rings (SSSR count). The van der Waals surface area contributed by atoms with Crippen LogP contribution in [0.25, 0.3) is 33.1 Å². The number of para-hydroxylation sites is 1. The summed E-state index contributed by atoms with van der Waals surface area (Å²) in [5, 5.41) is 2.99. The van der Waals surface area contributed by atoms with Gasteiger partial charge in [0.1, 0.15) is 5.15 Å². The monoisotopic (exact) mass is 551 g/mol. The molecule has 0 bridgehead atoms. The molecule has 5 aromatic rings. The van der Waals surface area contributed by atoms with Crippen molar-refractivity contribution in [2.24, 2.45) is 5.92 Å². The molecule has 1 atom stereocenters. The van der Waals surface area contributed by atoms with Crippen LogP contribution < -0.4 is 5.46 Å². The Bertz CT molecular complexity index is 1710. The minimum absolute atomic E-state index is 0.321. The molecule has 1 aliphatic rings. The van der Waals surface area contributed by atoms with Crippen LogP contribution in [0.3, 0.4) is 0 Å². The maximum Gasteiger partial charge on any atom is 0.494 e. The van der Waals surface area contributed by atoms with Crippen molar-refractivity contribution in [1.82, 2.24) is 14.5 Å². The van der Waals surface area contributed by atoms with Gasteiger partial charge in [-0.1, -0.05) is 54.9 Å². The highest BCUT2D eigenvalue weighted by Gasteiger charge is 2.51. The maximum atomic E-state index is 6.39. The molecule has 4 heterocycles. The molecule has 1 fully saturated rings. The van der Waals surface area contributed by atoms with E-state index in [1.807, 2.05) is 37.4 Å². The molecular weight excluding hydrogens is 517 g/mol. The van der Waals surface area contributed by atoms with Crippen LogP contribution in [0.4, 0.5) is 0 Å². The molecule has 1 saturated heterocycles. The van der Waals surface area contributed by atoms with Crippen LogP contribution in [-0.2, 0) is 22.3 Å². The fraction of sp³-hybridized carbons (Fsp3) is 0.333. The highest BCUT2D eigenvalue weighted by atomic mass is 35.5. The molecule has 0 spiro atoms. The second-order valence-corrected chi connectivity index (χ2v) is 12.5. The largest absolute Gasteiger partial charge is 0.494 e. The Morgan fingerprint density at radius 3 is 2.38 bits per heavy atom. The molecule has 0 saturated carbocycles. The van der Waals surface area contributed by atoms with E-state index in [0.29, 0.717) is 11.1 Å². The molecular formula is C33H35BClN3O2. The van der Waals surface area contributed by atoms with Crippen LogP contribution in [0.2, 0.25) is 5.15 Å². The molecule has 3 aromatic heterocycles. The summed E-state index contributed by atoms with van der Waals surface area (Å²) in [4.78, 5) is 9.13. The third kappa shape index (κ3) is 4.83. The van der Waals surface area contributed by atoms with Gasteiger partial charge in [-0.15, -0.1) is 0 Å². The smallest absolute Gasteiger partial charge is 0.399 e. The van der Waals surface area contributed by atoms with Gasteiger partial charge in [-0.05, 0) is 88.3 Å². The van der Waals surface area contributed by atoms with Gasteiger partial charge in [0.2, 0.25) is 0 Å². The van der Waals surface area contributed by atoms with E-state index in [9.17, 15) is 0 Å². The summed E-state index contributed by atoms with van der Waals surface area (Å²) in [6.45, 7) is 13.5. The minimum atomic E-state index is -0.401. The quantitative estimate of drug-likeness (QED) is 0.163. The first-order valence-corrected chi connectivity index (χ1v) is 14.4. The molecule has 0 N–H and O–H groups in total. The van der Waals surface area contributed by atoms with Gasteiger partial charge >= 0.3 is 7.12 Å². The van der Waals surface area contributed by atoms with Gasteiger partial charge in [-0.3, -0.25) is 4.98 Å². The lowest BCUT2D eigenvalue weighted by atomic mass is 9.79. The van der Waals surface area contributed by atoms with Crippen LogP contribution >= 0.6 is 11.6 Å². The van der Waals surface area contributed by atoms with Crippen molar-refractivity contribution in [2.45, 2.75) is 65.7 Å². The summed E-state index contributed by atoms with van der Waals surface area (Å²) in [7, 11) is -0.401. The van der Waals surface area contributed by atoms with Gasteiger partial charge < -0.3 is 13.9 Å². The first-order valence-electron chi connectivity index (χ1n) is 14.0. The van der Waals surface area contributed by atoms with Gasteiger partial charge in [0, 0.05) is 45.8 Å². The lowest BCUT2D eigenvalue weighted by molar-refractivity contribution is 0.00578. The zero-order chi connectivity index (χ0) is 28.2. The number of fused-ring (bicyclic) bond motifs is 3.